The van der Waals surface area contributed by atoms with Gasteiger partial charge in [0.05, 0.1) is 0 Å². The second-order valence-electron chi connectivity index (χ2n) is 4.34. The molecule has 1 aromatic heterocycles. The van der Waals surface area contributed by atoms with Gasteiger partial charge in [0.1, 0.15) is 5.56 Å². The van der Waals surface area contributed by atoms with Crippen molar-refractivity contribution in [3.63, 3.8) is 0 Å². The van der Waals surface area contributed by atoms with Crippen LogP contribution in [0.1, 0.15) is 22.3 Å². The van der Waals surface area contributed by atoms with E-state index in [4.69, 9.17) is 5.11 Å². The largest absolute Gasteiger partial charge is 0.478 e. The number of nitrogens with one attached hydrogen (secondary N) is 1. The van der Waals surface area contributed by atoms with Gasteiger partial charge >= 0.3 is 5.97 Å². The molecule has 2 N–H and O–H groups in total. The van der Waals surface area contributed by atoms with Crippen LogP contribution in [0.3, 0.4) is 0 Å². The molecule has 104 valence electrons. The Morgan fingerprint density at radius 3 is 2.70 bits per heavy atom. The molecule has 0 aliphatic rings. The van der Waals surface area contributed by atoms with E-state index in [1.165, 1.54) is 11.8 Å². The second-order valence-corrected chi connectivity index (χ2v) is 4.34. The molecular weight excluding hydrogens is 259 g/mol. The SMILES string of the molecule is O=C(O)c1ccnc(NCCCc2ccccc2)c1F. The summed E-state index contributed by atoms with van der Waals surface area (Å²) in [6.07, 6.45) is 2.96. The highest BCUT2D eigenvalue weighted by Crippen LogP contribution is 2.15. The molecular formula is C15H15FN2O2. The fraction of sp³-hybridized carbons (Fsp3) is 0.200. The predicted octanol–water partition coefficient (Wildman–Crippen LogP) is 2.96. The van der Waals surface area contributed by atoms with Crippen molar-refractivity contribution in [1.29, 1.82) is 0 Å². The van der Waals surface area contributed by atoms with Gasteiger partial charge < -0.3 is 10.4 Å². The zero-order valence-electron chi connectivity index (χ0n) is 10.8. The van der Waals surface area contributed by atoms with Crippen LogP contribution in [0.15, 0.2) is 42.6 Å². The zero-order valence-corrected chi connectivity index (χ0v) is 10.8. The number of nitrogens with zero attached hydrogens (tertiary/aromatic N) is 1. The normalized spacial score (nSPS) is 10.2. The van der Waals surface area contributed by atoms with Gasteiger partial charge in [-0.05, 0) is 24.5 Å². The lowest BCUT2D eigenvalue weighted by Gasteiger charge is -2.07. The predicted molar refractivity (Wildman–Crippen MR) is 74.4 cm³/mol. The Hall–Kier alpha value is -2.43. The molecule has 0 spiro atoms. The minimum absolute atomic E-state index is 0.0158. The van der Waals surface area contributed by atoms with Gasteiger partial charge in [-0.15, -0.1) is 0 Å². The third-order valence-corrected chi connectivity index (χ3v) is 2.90. The fourth-order valence-electron chi connectivity index (χ4n) is 1.88. The van der Waals surface area contributed by atoms with Crippen LogP contribution in [-0.2, 0) is 6.42 Å². The molecule has 0 aliphatic heterocycles. The molecule has 0 saturated carbocycles. The number of benzene rings is 1. The average Bonchev–Trinajstić information content (AvgIpc) is 2.46. The first-order valence-electron chi connectivity index (χ1n) is 6.34. The van der Waals surface area contributed by atoms with Crippen LogP contribution < -0.4 is 5.32 Å². The van der Waals surface area contributed by atoms with E-state index in [2.05, 4.69) is 10.3 Å². The maximum absolute atomic E-state index is 13.8. The van der Waals surface area contributed by atoms with Gasteiger partial charge in [-0.2, -0.15) is 0 Å². The van der Waals surface area contributed by atoms with Crippen molar-refractivity contribution in [1.82, 2.24) is 4.98 Å². The zero-order chi connectivity index (χ0) is 14.4. The summed E-state index contributed by atoms with van der Waals surface area (Å²) in [5, 5.41) is 11.6. The summed E-state index contributed by atoms with van der Waals surface area (Å²) in [5.41, 5.74) is 0.840. The number of carboxylic acids is 1. The Labute approximate surface area is 116 Å². The van der Waals surface area contributed by atoms with Crippen molar-refractivity contribution < 1.29 is 14.3 Å². The summed E-state index contributed by atoms with van der Waals surface area (Å²) in [5.74, 6) is -2.13. The molecule has 0 fully saturated rings. The summed E-state index contributed by atoms with van der Waals surface area (Å²) < 4.78 is 13.8. The number of carboxylic acid groups (broad SMARTS) is 1. The first-order chi connectivity index (χ1) is 9.68. The maximum Gasteiger partial charge on any atom is 0.338 e. The lowest BCUT2D eigenvalue weighted by molar-refractivity contribution is 0.0692. The molecule has 0 atom stereocenters. The van der Waals surface area contributed by atoms with E-state index in [9.17, 15) is 9.18 Å². The Kier molecular flexibility index (Phi) is 4.65. The molecule has 5 heteroatoms. The van der Waals surface area contributed by atoms with Gasteiger partial charge in [-0.25, -0.2) is 14.2 Å². The molecule has 2 rings (SSSR count). The lowest BCUT2D eigenvalue weighted by Crippen LogP contribution is -2.10. The van der Waals surface area contributed by atoms with Gasteiger partial charge in [0.15, 0.2) is 11.6 Å². The minimum atomic E-state index is -1.29. The summed E-state index contributed by atoms with van der Waals surface area (Å²) in [6.45, 7) is 0.530. The summed E-state index contributed by atoms with van der Waals surface area (Å²) >= 11 is 0. The average molecular weight is 274 g/mol. The van der Waals surface area contributed by atoms with Gasteiger partial charge in [0, 0.05) is 12.7 Å². The molecule has 4 nitrogen and oxygen atoms in total. The first kappa shape index (κ1) is 14.0. The number of aryl methyl sites for hydroxylation is 1. The minimum Gasteiger partial charge on any atom is -0.478 e. The Balaban J connectivity index is 1.88. The van der Waals surface area contributed by atoms with Gasteiger partial charge in [0.2, 0.25) is 0 Å². The van der Waals surface area contributed by atoms with Crippen LogP contribution in [-0.4, -0.2) is 22.6 Å². The van der Waals surface area contributed by atoms with Crippen LogP contribution in [0.4, 0.5) is 10.2 Å². The molecule has 0 aliphatic carbocycles. The third-order valence-electron chi connectivity index (χ3n) is 2.90. The maximum atomic E-state index is 13.8. The number of carbonyl (C=O) groups is 1. The molecule has 2 aromatic rings. The van der Waals surface area contributed by atoms with E-state index in [1.54, 1.807) is 0 Å². The van der Waals surface area contributed by atoms with Crippen molar-refractivity contribution >= 4 is 11.8 Å². The quantitative estimate of drug-likeness (QED) is 0.795. The Morgan fingerprint density at radius 2 is 2.00 bits per heavy atom. The monoisotopic (exact) mass is 274 g/mol. The molecule has 0 bridgehead atoms. The van der Waals surface area contributed by atoms with Crippen molar-refractivity contribution in [3.05, 3.63) is 59.5 Å². The Bertz CT molecular complexity index is 588. The second kappa shape index (κ2) is 6.65. The summed E-state index contributed by atoms with van der Waals surface area (Å²) in [7, 11) is 0. The number of anilines is 1. The van der Waals surface area contributed by atoms with Crippen molar-refractivity contribution in [2.45, 2.75) is 12.8 Å². The van der Waals surface area contributed by atoms with E-state index < -0.39 is 11.8 Å². The van der Waals surface area contributed by atoms with Crippen LogP contribution in [0, 0.1) is 5.82 Å². The third kappa shape index (κ3) is 3.54. The number of pyridine rings is 1. The number of hydrogen-bond donors (Lipinski definition) is 2. The molecule has 0 radical (unpaired) electrons. The van der Waals surface area contributed by atoms with Gasteiger partial charge in [-0.1, -0.05) is 30.3 Å². The summed E-state index contributed by atoms with van der Waals surface area (Å²) in [4.78, 5) is 14.6. The van der Waals surface area contributed by atoms with E-state index in [0.29, 0.717) is 6.54 Å². The van der Waals surface area contributed by atoms with Crippen molar-refractivity contribution in [3.8, 4) is 0 Å². The van der Waals surface area contributed by atoms with E-state index in [1.807, 2.05) is 30.3 Å². The van der Waals surface area contributed by atoms with E-state index in [0.717, 1.165) is 18.9 Å². The highest BCUT2D eigenvalue weighted by atomic mass is 19.1. The highest BCUT2D eigenvalue weighted by molar-refractivity contribution is 5.88. The number of rotatable bonds is 6. The molecule has 0 saturated heterocycles. The lowest BCUT2D eigenvalue weighted by atomic mass is 10.1. The number of hydrogen-bond acceptors (Lipinski definition) is 3. The van der Waals surface area contributed by atoms with Crippen LogP contribution >= 0.6 is 0 Å². The smallest absolute Gasteiger partial charge is 0.338 e. The number of halogens is 1. The number of aromatic nitrogens is 1. The van der Waals surface area contributed by atoms with Crippen LogP contribution in [0.5, 0.6) is 0 Å². The molecule has 0 amide bonds. The molecule has 0 unspecified atom stereocenters. The standard InChI is InChI=1S/C15H15FN2O2/c16-13-12(15(19)20)8-10-18-14(13)17-9-4-7-11-5-2-1-3-6-11/h1-3,5-6,8,10H,4,7,9H2,(H,17,18)(H,19,20). The van der Waals surface area contributed by atoms with Crippen molar-refractivity contribution in [2.24, 2.45) is 0 Å². The van der Waals surface area contributed by atoms with Gasteiger partial charge in [-0.3, -0.25) is 0 Å². The van der Waals surface area contributed by atoms with Crippen molar-refractivity contribution in [2.75, 3.05) is 11.9 Å². The Morgan fingerprint density at radius 1 is 1.25 bits per heavy atom. The van der Waals surface area contributed by atoms with E-state index >= 15 is 0 Å². The topological polar surface area (TPSA) is 62.2 Å². The highest BCUT2D eigenvalue weighted by Gasteiger charge is 2.14. The first-order valence-corrected chi connectivity index (χ1v) is 6.34. The number of aromatic carboxylic acids is 1. The summed E-state index contributed by atoms with van der Waals surface area (Å²) in [6, 6.07) is 11.1. The van der Waals surface area contributed by atoms with E-state index in [-0.39, 0.29) is 11.4 Å². The van der Waals surface area contributed by atoms with Gasteiger partial charge in [0.25, 0.3) is 0 Å². The van der Waals surface area contributed by atoms with Crippen LogP contribution in [0.25, 0.3) is 0 Å². The molecule has 20 heavy (non-hydrogen) atoms. The molecule has 1 aromatic carbocycles. The fourth-order valence-corrected chi connectivity index (χ4v) is 1.88. The molecule has 1 heterocycles. The van der Waals surface area contributed by atoms with Crippen LogP contribution in [0.2, 0.25) is 0 Å².